The standard InChI is InChI=1S/C19H20ClN3O3/c1-25-7-8-26-19-13(3-2-6-21-19)11-23-18(24)9-14-12-22-17-10-15(20)4-5-16(14)17/h2-6,10,12,22H,7-9,11H2,1H3,(H,23,24). The Morgan fingerprint density at radius 2 is 2.15 bits per heavy atom. The van der Waals surface area contributed by atoms with Crippen molar-refractivity contribution < 1.29 is 14.3 Å². The first-order chi connectivity index (χ1) is 12.7. The molecule has 7 heteroatoms. The second-order valence-corrected chi connectivity index (χ2v) is 6.20. The minimum Gasteiger partial charge on any atom is -0.475 e. The van der Waals surface area contributed by atoms with E-state index in [0.29, 0.717) is 30.7 Å². The van der Waals surface area contributed by atoms with Crippen molar-refractivity contribution in [2.45, 2.75) is 13.0 Å². The van der Waals surface area contributed by atoms with E-state index in [0.717, 1.165) is 22.0 Å². The number of nitrogens with one attached hydrogen (secondary N) is 2. The molecule has 0 aliphatic heterocycles. The Hall–Kier alpha value is -2.57. The third-order valence-corrected chi connectivity index (χ3v) is 4.17. The van der Waals surface area contributed by atoms with Gasteiger partial charge in [0.1, 0.15) is 6.61 Å². The number of aromatic amines is 1. The second-order valence-electron chi connectivity index (χ2n) is 5.77. The number of pyridine rings is 1. The van der Waals surface area contributed by atoms with Gasteiger partial charge in [0.15, 0.2) is 0 Å². The number of halogens is 1. The summed E-state index contributed by atoms with van der Waals surface area (Å²) in [7, 11) is 1.61. The molecule has 0 aliphatic carbocycles. The lowest BCUT2D eigenvalue weighted by atomic mass is 10.1. The molecule has 0 atom stereocenters. The number of hydrogen-bond donors (Lipinski definition) is 2. The van der Waals surface area contributed by atoms with E-state index in [9.17, 15) is 4.79 Å². The van der Waals surface area contributed by atoms with Gasteiger partial charge in [0, 0.05) is 47.5 Å². The molecule has 0 radical (unpaired) electrons. The predicted octanol–water partition coefficient (Wildman–Crippen LogP) is 3.10. The molecule has 0 fully saturated rings. The lowest BCUT2D eigenvalue weighted by molar-refractivity contribution is -0.120. The number of ether oxygens (including phenoxy) is 2. The van der Waals surface area contributed by atoms with Crippen LogP contribution in [-0.4, -0.2) is 36.2 Å². The first-order valence-electron chi connectivity index (χ1n) is 8.25. The van der Waals surface area contributed by atoms with Crippen LogP contribution in [0.2, 0.25) is 5.02 Å². The summed E-state index contributed by atoms with van der Waals surface area (Å²) >= 11 is 5.99. The smallest absolute Gasteiger partial charge is 0.224 e. The molecule has 26 heavy (non-hydrogen) atoms. The van der Waals surface area contributed by atoms with Gasteiger partial charge in [-0.05, 0) is 23.8 Å². The average Bonchev–Trinajstić information content (AvgIpc) is 3.03. The van der Waals surface area contributed by atoms with Crippen LogP contribution >= 0.6 is 11.6 Å². The SMILES string of the molecule is COCCOc1ncccc1CNC(=O)Cc1c[nH]c2cc(Cl)ccc12. The van der Waals surface area contributed by atoms with Crippen molar-refractivity contribution in [2.75, 3.05) is 20.3 Å². The molecule has 1 aromatic carbocycles. The van der Waals surface area contributed by atoms with Gasteiger partial charge in [0.05, 0.1) is 13.0 Å². The third kappa shape index (κ3) is 4.53. The molecule has 1 amide bonds. The number of carbonyl (C=O) groups excluding carboxylic acids is 1. The summed E-state index contributed by atoms with van der Waals surface area (Å²) in [5, 5.41) is 4.57. The van der Waals surface area contributed by atoms with Gasteiger partial charge in [0.25, 0.3) is 0 Å². The summed E-state index contributed by atoms with van der Waals surface area (Å²) in [4.78, 5) is 19.7. The fourth-order valence-corrected chi connectivity index (χ4v) is 2.82. The summed E-state index contributed by atoms with van der Waals surface area (Å²) in [5.41, 5.74) is 2.67. The van der Waals surface area contributed by atoms with Crippen LogP contribution in [0.25, 0.3) is 10.9 Å². The molecule has 136 valence electrons. The maximum absolute atomic E-state index is 12.3. The zero-order valence-electron chi connectivity index (χ0n) is 14.4. The maximum atomic E-state index is 12.3. The van der Waals surface area contributed by atoms with Gasteiger partial charge >= 0.3 is 0 Å². The fourth-order valence-electron chi connectivity index (χ4n) is 2.64. The van der Waals surface area contributed by atoms with Gasteiger partial charge < -0.3 is 19.8 Å². The quantitative estimate of drug-likeness (QED) is 0.595. The van der Waals surface area contributed by atoms with Gasteiger partial charge in [-0.15, -0.1) is 0 Å². The van der Waals surface area contributed by atoms with Crippen molar-refractivity contribution in [3.8, 4) is 5.88 Å². The van der Waals surface area contributed by atoms with E-state index in [4.69, 9.17) is 21.1 Å². The number of amides is 1. The Kier molecular flexibility index (Phi) is 6.09. The Balaban J connectivity index is 1.60. The molecule has 0 saturated heterocycles. The molecule has 0 aliphatic rings. The lowest BCUT2D eigenvalue weighted by Crippen LogP contribution is -2.25. The molecular formula is C19H20ClN3O3. The molecule has 2 aromatic heterocycles. The largest absolute Gasteiger partial charge is 0.475 e. The summed E-state index contributed by atoms with van der Waals surface area (Å²) < 4.78 is 10.5. The van der Waals surface area contributed by atoms with Crippen molar-refractivity contribution in [1.29, 1.82) is 0 Å². The van der Waals surface area contributed by atoms with Crippen LogP contribution in [0, 0.1) is 0 Å². The van der Waals surface area contributed by atoms with E-state index in [1.807, 2.05) is 36.5 Å². The molecule has 2 N–H and O–H groups in total. The predicted molar refractivity (Wildman–Crippen MR) is 100 cm³/mol. The number of carbonyl (C=O) groups is 1. The van der Waals surface area contributed by atoms with Crippen LogP contribution in [0.3, 0.4) is 0 Å². The highest BCUT2D eigenvalue weighted by atomic mass is 35.5. The van der Waals surface area contributed by atoms with Crippen LogP contribution in [-0.2, 0) is 22.5 Å². The van der Waals surface area contributed by atoms with E-state index in [1.165, 1.54) is 0 Å². The number of fused-ring (bicyclic) bond motifs is 1. The number of rotatable bonds is 8. The van der Waals surface area contributed by atoms with E-state index in [2.05, 4.69) is 15.3 Å². The summed E-state index contributed by atoms with van der Waals surface area (Å²) in [6.45, 7) is 1.24. The monoisotopic (exact) mass is 373 g/mol. The Labute approximate surface area is 156 Å². The normalized spacial score (nSPS) is 10.8. The molecule has 3 aromatic rings. The Morgan fingerprint density at radius 1 is 1.27 bits per heavy atom. The minimum absolute atomic E-state index is 0.0763. The number of aromatic nitrogens is 2. The number of methoxy groups -OCH3 is 1. The molecule has 0 spiro atoms. The molecule has 0 unspecified atom stereocenters. The second kappa shape index (κ2) is 8.69. The van der Waals surface area contributed by atoms with Gasteiger partial charge in [-0.1, -0.05) is 23.7 Å². The van der Waals surface area contributed by atoms with Crippen molar-refractivity contribution >= 4 is 28.4 Å². The minimum atomic E-state index is -0.0763. The molecule has 6 nitrogen and oxygen atoms in total. The average molecular weight is 374 g/mol. The number of nitrogens with zero attached hydrogens (tertiary/aromatic N) is 1. The molecular weight excluding hydrogens is 354 g/mol. The molecule has 0 saturated carbocycles. The van der Waals surface area contributed by atoms with E-state index in [1.54, 1.807) is 13.3 Å². The first-order valence-corrected chi connectivity index (χ1v) is 8.63. The van der Waals surface area contributed by atoms with Crippen molar-refractivity contribution in [3.63, 3.8) is 0 Å². The highest BCUT2D eigenvalue weighted by Crippen LogP contribution is 2.22. The van der Waals surface area contributed by atoms with Crippen molar-refractivity contribution in [2.24, 2.45) is 0 Å². The van der Waals surface area contributed by atoms with E-state index in [-0.39, 0.29) is 12.3 Å². The van der Waals surface area contributed by atoms with E-state index >= 15 is 0 Å². The summed E-state index contributed by atoms with van der Waals surface area (Å²) in [6, 6.07) is 9.27. The summed E-state index contributed by atoms with van der Waals surface area (Å²) in [5.74, 6) is 0.430. The molecule has 2 heterocycles. The Morgan fingerprint density at radius 3 is 3.00 bits per heavy atom. The highest BCUT2D eigenvalue weighted by molar-refractivity contribution is 6.31. The molecule has 3 rings (SSSR count). The maximum Gasteiger partial charge on any atom is 0.224 e. The first kappa shape index (κ1) is 18.2. The van der Waals surface area contributed by atoms with Crippen LogP contribution < -0.4 is 10.1 Å². The van der Waals surface area contributed by atoms with Crippen LogP contribution in [0.4, 0.5) is 0 Å². The Bertz CT molecular complexity index is 895. The number of hydrogen-bond acceptors (Lipinski definition) is 4. The van der Waals surface area contributed by atoms with E-state index < -0.39 is 0 Å². The van der Waals surface area contributed by atoms with Gasteiger partial charge in [-0.25, -0.2) is 4.98 Å². The molecule has 0 bridgehead atoms. The number of benzene rings is 1. The number of H-pyrrole nitrogens is 1. The van der Waals surface area contributed by atoms with Crippen LogP contribution in [0.1, 0.15) is 11.1 Å². The van der Waals surface area contributed by atoms with Crippen molar-refractivity contribution in [3.05, 3.63) is 58.9 Å². The third-order valence-electron chi connectivity index (χ3n) is 3.93. The van der Waals surface area contributed by atoms with Gasteiger partial charge in [0.2, 0.25) is 11.8 Å². The summed E-state index contributed by atoms with van der Waals surface area (Å²) in [6.07, 6.45) is 3.77. The fraction of sp³-hybridized carbons (Fsp3) is 0.263. The van der Waals surface area contributed by atoms with Gasteiger partial charge in [-0.3, -0.25) is 4.79 Å². The van der Waals surface area contributed by atoms with Crippen LogP contribution in [0.15, 0.2) is 42.7 Å². The highest BCUT2D eigenvalue weighted by Gasteiger charge is 2.11. The lowest BCUT2D eigenvalue weighted by Gasteiger charge is -2.10. The van der Waals surface area contributed by atoms with Gasteiger partial charge in [-0.2, -0.15) is 0 Å². The zero-order chi connectivity index (χ0) is 18.4. The van der Waals surface area contributed by atoms with Crippen LogP contribution in [0.5, 0.6) is 5.88 Å². The van der Waals surface area contributed by atoms with Crippen molar-refractivity contribution in [1.82, 2.24) is 15.3 Å². The topological polar surface area (TPSA) is 76.2 Å². The zero-order valence-corrected chi connectivity index (χ0v) is 15.2.